The lowest BCUT2D eigenvalue weighted by molar-refractivity contribution is -0.141. The first-order valence-electron chi connectivity index (χ1n) is 11.3. The first kappa shape index (κ1) is 22.6. The van der Waals surface area contributed by atoms with Crippen molar-refractivity contribution in [2.75, 3.05) is 52.9 Å². The zero-order valence-corrected chi connectivity index (χ0v) is 18.5. The zero-order valence-electron chi connectivity index (χ0n) is 18.5. The summed E-state index contributed by atoms with van der Waals surface area (Å²) in [7, 11) is 1.95. The Labute approximate surface area is 167 Å². The van der Waals surface area contributed by atoms with E-state index in [1.165, 1.54) is 45.6 Å². The van der Waals surface area contributed by atoms with Gasteiger partial charge in [0.2, 0.25) is 5.91 Å². The lowest BCUT2D eigenvalue weighted by atomic mass is 9.87. The van der Waals surface area contributed by atoms with Crippen molar-refractivity contribution in [3.63, 3.8) is 0 Å². The van der Waals surface area contributed by atoms with Gasteiger partial charge in [-0.3, -0.25) is 9.69 Å². The molecule has 0 bridgehead atoms. The molecule has 1 aliphatic carbocycles. The van der Waals surface area contributed by atoms with Gasteiger partial charge < -0.3 is 14.5 Å². The number of carbonyl (C=O) groups is 1. The maximum Gasteiger partial charge on any atom is 0.225 e. The Hall–Kier alpha value is -0.650. The number of rotatable bonds is 11. The van der Waals surface area contributed by atoms with E-state index < -0.39 is 0 Å². The number of hydrogen-bond acceptors (Lipinski definition) is 4. The molecule has 0 aromatic rings. The Kier molecular flexibility index (Phi) is 9.54. The lowest BCUT2D eigenvalue weighted by Gasteiger charge is -2.42. The van der Waals surface area contributed by atoms with Crippen LogP contribution in [0, 0.1) is 11.8 Å². The average Bonchev–Trinajstić information content (AvgIpc) is 2.63. The summed E-state index contributed by atoms with van der Waals surface area (Å²) < 4.78 is 6.06. The van der Waals surface area contributed by atoms with Gasteiger partial charge in [0.25, 0.3) is 0 Å². The fourth-order valence-electron chi connectivity index (χ4n) is 4.26. The predicted octanol–water partition coefficient (Wildman–Crippen LogP) is 3.09. The Morgan fingerprint density at radius 2 is 1.74 bits per heavy atom. The van der Waals surface area contributed by atoms with E-state index >= 15 is 0 Å². The molecule has 27 heavy (non-hydrogen) atoms. The smallest absolute Gasteiger partial charge is 0.225 e. The highest BCUT2D eigenvalue weighted by atomic mass is 16.5. The summed E-state index contributed by atoms with van der Waals surface area (Å²) in [6, 6.07) is 0.380. The third-order valence-corrected chi connectivity index (χ3v) is 6.58. The molecule has 0 aromatic carbocycles. The van der Waals surface area contributed by atoms with Crippen molar-refractivity contribution in [3.05, 3.63) is 0 Å². The first-order chi connectivity index (χ1) is 12.9. The highest BCUT2D eigenvalue weighted by Crippen LogP contribution is 2.28. The molecule has 2 rings (SSSR count). The van der Waals surface area contributed by atoms with E-state index in [4.69, 9.17) is 4.74 Å². The second-order valence-electron chi connectivity index (χ2n) is 8.91. The van der Waals surface area contributed by atoms with Crippen molar-refractivity contribution in [1.29, 1.82) is 0 Å². The van der Waals surface area contributed by atoms with Gasteiger partial charge in [-0.05, 0) is 31.6 Å². The van der Waals surface area contributed by atoms with Gasteiger partial charge in [0.05, 0.1) is 12.7 Å². The van der Waals surface area contributed by atoms with Crippen LogP contribution < -0.4 is 0 Å². The number of amides is 1. The summed E-state index contributed by atoms with van der Waals surface area (Å²) in [5.41, 5.74) is 0. The molecule has 5 heteroatoms. The van der Waals surface area contributed by atoms with Gasteiger partial charge in [-0.15, -0.1) is 0 Å². The van der Waals surface area contributed by atoms with E-state index in [2.05, 4.69) is 30.6 Å². The molecule has 0 N–H and O–H groups in total. The highest BCUT2D eigenvalue weighted by Gasteiger charge is 2.35. The average molecular weight is 382 g/mol. The number of hydrogen-bond donors (Lipinski definition) is 0. The van der Waals surface area contributed by atoms with E-state index in [1.807, 2.05) is 18.9 Å². The number of piperazine rings is 1. The molecule has 2 unspecified atom stereocenters. The van der Waals surface area contributed by atoms with Crippen LogP contribution in [-0.2, 0) is 9.53 Å². The van der Waals surface area contributed by atoms with Crippen LogP contribution in [0.25, 0.3) is 0 Å². The summed E-state index contributed by atoms with van der Waals surface area (Å²) in [5.74, 6) is 1.24. The number of nitrogens with zero attached hydrogens (tertiary/aromatic N) is 3. The summed E-state index contributed by atoms with van der Waals surface area (Å²) in [6.45, 7) is 16.6. The van der Waals surface area contributed by atoms with Crippen molar-refractivity contribution in [3.8, 4) is 0 Å². The van der Waals surface area contributed by atoms with Crippen LogP contribution in [0.5, 0.6) is 0 Å². The predicted molar refractivity (Wildman–Crippen MR) is 112 cm³/mol. The molecule has 1 heterocycles. The van der Waals surface area contributed by atoms with Gasteiger partial charge in [-0.1, -0.05) is 34.1 Å². The van der Waals surface area contributed by atoms with Crippen molar-refractivity contribution < 1.29 is 9.53 Å². The Bertz CT molecular complexity index is 431. The fraction of sp³-hybridized carbons (Fsp3) is 0.955. The maximum atomic E-state index is 12.2. The third kappa shape index (κ3) is 7.03. The van der Waals surface area contributed by atoms with E-state index in [0.29, 0.717) is 12.1 Å². The quantitative estimate of drug-likeness (QED) is 0.551. The van der Waals surface area contributed by atoms with Gasteiger partial charge >= 0.3 is 0 Å². The molecule has 1 saturated carbocycles. The maximum absolute atomic E-state index is 12.2. The summed E-state index contributed by atoms with van der Waals surface area (Å²) in [5, 5.41) is 0. The van der Waals surface area contributed by atoms with Crippen molar-refractivity contribution in [2.45, 2.75) is 71.9 Å². The monoisotopic (exact) mass is 381 g/mol. The number of carbonyl (C=O) groups excluding carboxylic acids is 1. The van der Waals surface area contributed by atoms with Crippen LogP contribution >= 0.6 is 0 Å². The standard InChI is InChI=1S/C22H43N3O2/c1-6-8-18(3)17-25-11-9-24(10-12-25)13-14-27-21-15-20(16-21)23(5)22(26)19(4)7-2/h18-21H,6-17H2,1-5H3. The molecule has 0 aromatic heterocycles. The molecule has 1 saturated heterocycles. The summed E-state index contributed by atoms with van der Waals surface area (Å²) in [4.78, 5) is 19.4. The van der Waals surface area contributed by atoms with Crippen LogP contribution in [0.1, 0.15) is 59.8 Å². The molecular weight excluding hydrogens is 338 g/mol. The van der Waals surface area contributed by atoms with E-state index in [-0.39, 0.29) is 11.8 Å². The second-order valence-corrected chi connectivity index (χ2v) is 8.91. The molecule has 0 spiro atoms. The minimum absolute atomic E-state index is 0.138. The fourth-order valence-corrected chi connectivity index (χ4v) is 4.26. The van der Waals surface area contributed by atoms with Gasteiger partial charge in [-0.2, -0.15) is 0 Å². The van der Waals surface area contributed by atoms with E-state index in [0.717, 1.165) is 38.3 Å². The molecule has 1 amide bonds. The van der Waals surface area contributed by atoms with E-state index in [9.17, 15) is 4.79 Å². The van der Waals surface area contributed by atoms with Crippen LogP contribution in [0.2, 0.25) is 0 Å². The molecule has 2 atom stereocenters. The minimum Gasteiger partial charge on any atom is -0.377 e. The Morgan fingerprint density at radius 1 is 1.11 bits per heavy atom. The zero-order chi connectivity index (χ0) is 19.8. The van der Waals surface area contributed by atoms with Crippen LogP contribution in [0.4, 0.5) is 0 Å². The summed E-state index contributed by atoms with van der Waals surface area (Å²) in [6.07, 6.45) is 5.90. The Morgan fingerprint density at radius 3 is 2.33 bits per heavy atom. The number of ether oxygens (including phenoxy) is 1. The van der Waals surface area contributed by atoms with Crippen molar-refractivity contribution in [2.24, 2.45) is 11.8 Å². The molecule has 2 aliphatic rings. The van der Waals surface area contributed by atoms with Crippen LogP contribution in [-0.4, -0.2) is 85.7 Å². The molecule has 158 valence electrons. The summed E-state index contributed by atoms with van der Waals surface area (Å²) >= 11 is 0. The van der Waals surface area contributed by atoms with Gasteiger partial charge in [-0.25, -0.2) is 0 Å². The molecule has 2 fully saturated rings. The molecule has 5 nitrogen and oxygen atoms in total. The Balaban J connectivity index is 1.53. The molecule has 0 radical (unpaired) electrons. The normalized spacial score (nSPS) is 26.4. The van der Waals surface area contributed by atoms with E-state index in [1.54, 1.807) is 0 Å². The van der Waals surface area contributed by atoms with Gasteiger partial charge in [0.15, 0.2) is 0 Å². The van der Waals surface area contributed by atoms with Crippen molar-refractivity contribution >= 4 is 5.91 Å². The molecule has 1 aliphatic heterocycles. The largest absolute Gasteiger partial charge is 0.377 e. The lowest BCUT2D eigenvalue weighted by Crippen LogP contribution is -2.51. The van der Waals surface area contributed by atoms with Gasteiger partial charge in [0.1, 0.15) is 0 Å². The highest BCUT2D eigenvalue weighted by molar-refractivity contribution is 5.78. The third-order valence-electron chi connectivity index (χ3n) is 6.58. The van der Waals surface area contributed by atoms with Gasteiger partial charge in [0, 0.05) is 58.3 Å². The van der Waals surface area contributed by atoms with Crippen LogP contribution in [0.3, 0.4) is 0 Å². The molecular formula is C22H43N3O2. The van der Waals surface area contributed by atoms with Crippen molar-refractivity contribution in [1.82, 2.24) is 14.7 Å². The second kappa shape index (κ2) is 11.4. The minimum atomic E-state index is 0.138. The first-order valence-corrected chi connectivity index (χ1v) is 11.3. The van der Waals surface area contributed by atoms with Crippen LogP contribution in [0.15, 0.2) is 0 Å². The SMILES string of the molecule is CCCC(C)CN1CCN(CCOC2CC(N(C)C(=O)C(C)CC)C2)CC1. The topological polar surface area (TPSA) is 36.0 Å².